The molecular weight excluding hydrogens is 623 g/mol. The predicted octanol–water partition coefficient (Wildman–Crippen LogP) is 5.04. The molecule has 1 aliphatic carbocycles. The molecule has 1 aromatic carbocycles. The van der Waals surface area contributed by atoms with Crippen LogP contribution >= 0.6 is 0 Å². The minimum Gasteiger partial charge on any atom is -0.386 e. The number of carbonyl (C=O) groups excluding carboxylic acids is 2. The van der Waals surface area contributed by atoms with Gasteiger partial charge in [-0.05, 0) is 79.7 Å². The number of benzene rings is 1. The first-order valence-corrected chi connectivity index (χ1v) is 16.9. The number of urea groups is 1. The van der Waals surface area contributed by atoms with Crippen LogP contribution in [0.1, 0.15) is 63.7 Å². The van der Waals surface area contributed by atoms with E-state index in [0.717, 1.165) is 39.6 Å². The zero-order chi connectivity index (χ0) is 35.3. The Bertz CT molecular complexity index is 1620. The minimum atomic E-state index is -1.21. The van der Waals surface area contributed by atoms with E-state index in [9.17, 15) is 19.1 Å². The van der Waals surface area contributed by atoms with Gasteiger partial charge < -0.3 is 31.1 Å². The van der Waals surface area contributed by atoms with E-state index >= 15 is 0 Å². The highest BCUT2D eigenvalue weighted by Gasteiger charge is 2.31. The number of rotatable bonds is 13. The van der Waals surface area contributed by atoms with Gasteiger partial charge in [0.15, 0.2) is 0 Å². The molecule has 49 heavy (non-hydrogen) atoms. The van der Waals surface area contributed by atoms with Crippen molar-refractivity contribution in [2.45, 2.75) is 58.6 Å². The fraction of sp³-hybridized carbons (Fsp3) is 0.421. The normalized spacial score (nSPS) is 22.8. The number of aliphatic hydroxyl groups is 1. The van der Waals surface area contributed by atoms with Crippen LogP contribution in [-0.4, -0.2) is 73.7 Å². The lowest BCUT2D eigenvalue weighted by Crippen LogP contribution is -2.50. The van der Waals surface area contributed by atoms with E-state index in [2.05, 4.69) is 51.4 Å². The molecule has 10 nitrogen and oxygen atoms in total. The van der Waals surface area contributed by atoms with Crippen molar-refractivity contribution in [3.05, 3.63) is 112 Å². The number of aliphatic imine (C=N–C) groups is 1. The van der Waals surface area contributed by atoms with Crippen LogP contribution in [0.4, 0.5) is 9.18 Å². The Hall–Kier alpha value is -4.45. The van der Waals surface area contributed by atoms with E-state index in [1.807, 2.05) is 51.1 Å². The molecule has 0 saturated carbocycles. The molecule has 2 heterocycles. The number of nitrogens with zero attached hydrogens (tertiary/aromatic N) is 2. The Labute approximate surface area is 288 Å². The van der Waals surface area contributed by atoms with Gasteiger partial charge in [0, 0.05) is 62.6 Å². The standard InChI is InChI=1S/C38H49FN6O4/c1-6-41-37(47)30-15-11-10-14-28(20-24(30)2)35-26(4)34(25(3)31(22-43-35)27-12-8-7-9-13-27)45-38(48)44-32(23-40-18-19-49-5)36(46)29-16-17-42-33(39)21-29/h7-10,12-14,16-17,20-21,25,31-32,36,40,46H,6,11,15,18-19,22-23H2,1-5H3,(H,41,47)(H2,44,45,48)/b14-10-,28-20+,30-24+/t25?,31?,32-,36+/m1/s1. The minimum absolute atomic E-state index is 0.0403. The lowest BCUT2D eigenvalue weighted by molar-refractivity contribution is -0.117. The Balaban J connectivity index is 1.71. The van der Waals surface area contributed by atoms with Gasteiger partial charge in [-0.15, -0.1) is 0 Å². The second-order valence-corrected chi connectivity index (χ2v) is 12.4. The average molecular weight is 673 g/mol. The molecule has 2 aromatic rings. The van der Waals surface area contributed by atoms with Crippen LogP contribution in [0.5, 0.6) is 0 Å². The smallest absolute Gasteiger partial charge is 0.319 e. The number of aromatic nitrogens is 1. The first-order chi connectivity index (χ1) is 23.6. The number of halogens is 1. The zero-order valence-corrected chi connectivity index (χ0v) is 29.1. The number of ether oxygens (including phenoxy) is 1. The summed E-state index contributed by atoms with van der Waals surface area (Å²) in [5, 5.41) is 23.4. The van der Waals surface area contributed by atoms with E-state index in [-0.39, 0.29) is 24.3 Å². The second kappa shape index (κ2) is 18.4. The number of nitrogens with one attached hydrogen (secondary N) is 4. The number of hydrogen-bond acceptors (Lipinski definition) is 7. The van der Waals surface area contributed by atoms with E-state index in [1.165, 1.54) is 12.3 Å². The fourth-order valence-electron chi connectivity index (χ4n) is 6.29. The summed E-state index contributed by atoms with van der Waals surface area (Å²) in [4.78, 5) is 35.4. The highest BCUT2D eigenvalue weighted by molar-refractivity contribution is 6.15. The van der Waals surface area contributed by atoms with Crippen LogP contribution in [0.25, 0.3) is 0 Å². The van der Waals surface area contributed by atoms with Gasteiger partial charge in [0.25, 0.3) is 0 Å². The van der Waals surface area contributed by atoms with Gasteiger partial charge in [-0.25, -0.2) is 9.78 Å². The molecule has 0 fully saturated rings. The molecule has 0 saturated heterocycles. The maximum Gasteiger partial charge on any atom is 0.319 e. The van der Waals surface area contributed by atoms with Gasteiger partial charge in [-0.3, -0.25) is 9.79 Å². The van der Waals surface area contributed by atoms with Gasteiger partial charge >= 0.3 is 6.03 Å². The van der Waals surface area contributed by atoms with Gasteiger partial charge in [0.05, 0.1) is 18.4 Å². The van der Waals surface area contributed by atoms with Crippen molar-refractivity contribution in [3.8, 4) is 0 Å². The molecule has 262 valence electrons. The summed E-state index contributed by atoms with van der Waals surface area (Å²) in [5.74, 6) is -0.977. The molecule has 0 radical (unpaired) electrons. The summed E-state index contributed by atoms with van der Waals surface area (Å²) < 4.78 is 19.1. The molecule has 4 rings (SSSR count). The monoisotopic (exact) mass is 672 g/mol. The lowest BCUT2D eigenvalue weighted by atomic mass is 9.83. The molecule has 1 aromatic heterocycles. The van der Waals surface area contributed by atoms with Crippen LogP contribution in [0.2, 0.25) is 0 Å². The third kappa shape index (κ3) is 10.0. The molecule has 3 amide bonds. The average Bonchev–Trinajstić information content (AvgIpc) is 3.19. The number of amides is 3. The summed E-state index contributed by atoms with van der Waals surface area (Å²) in [7, 11) is 1.59. The number of allylic oxidation sites excluding steroid dienone is 7. The largest absolute Gasteiger partial charge is 0.386 e. The molecule has 1 aliphatic heterocycles. The number of pyridine rings is 1. The third-order valence-corrected chi connectivity index (χ3v) is 8.97. The molecule has 2 unspecified atom stereocenters. The molecule has 0 bridgehead atoms. The van der Waals surface area contributed by atoms with Crippen molar-refractivity contribution in [2.75, 3.05) is 39.9 Å². The van der Waals surface area contributed by atoms with Crippen molar-refractivity contribution in [1.29, 1.82) is 0 Å². The molecule has 4 atom stereocenters. The molecular formula is C38H49FN6O4. The quantitative estimate of drug-likeness (QED) is 0.150. The van der Waals surface area contributed by atoms with E-state index < -0.39 is 24.1 Å². The SMILES string of the molecule is CCNC(=O)/C1=C(C)/C=C(C2=NCC(c3ccccc3)C(C)C(NC(=O)N[C@H](CNCCOC)[C@@H](O)c3ccnc(F)c3)=C2C)\C=C/CC1. The van der Waals surface area contributed by atoms with Crippen LogP contribution < -0.4 is 21.3 Å². The van der Waals surface area contributed by atoms with Crippen molar-refractivity contribution < 1.29 is 23.8 Å². The van der Waals surface area contributed by atoms with E-state index in [1.54, 1.807) is 7.11 Å². The van der Waals surface area contributed by atoms with Crippen molar-refractivity contribution in [3.63, 3.8) is 0 Å². The predicted molar refractivity (Wildman–Crippen MR) is 191 cm³/mol. The Morgan fingerprint density at radius 3 is 2.65 bits per heavy atom. The summed E-state index contributed by atoms with van der Waals surface area (Å²) in [6, 6.07) is 11.5. The number of methoxy groups -OCH3 is 1. The first kappa shape index (κ1) is 37.4. The van der Waals surface area contributed by atoms with Crippen LogP contribution in [-0.2, 0) is 9.53 Å². The van der Waals surface area contributed by atoms with Gasteiger partial charge in [0.1, 0.15) is 6.10 Å². The summed E-state index contributed by atoms with van der Waals surface area (Å²) >= 11 is 0. The van der Waals surface area contributed by atoms with Gasteiger partial charge in [-0.2, -0.15) is 4.39 Å². The Kier molecular flexibility index (Phi) is 14.0. The number of carbonyl (C=O) groups is 2. The summed E-state index contributed by atoms with van der Waals surface area (Å²) in [6.45, 7) is 10.0. The maximum absolute atomic E-state index is 14.0. The lowest BCUT2D eigenvalue weighted by Gasteiger charge is -2.28. The third-order valence-electron chi connectivity index (χ3n) is 8.97. The topological polar surface area (TPSA) is 137 Å². The second-order valence-electron chi connectivity index (χ2n) is 12.4. The molecule has 11 heteroatoms. The van der Waals surface area contributed by atoms with Gasteiger partial charge in [0.2, 0.25) is 11.9 Å². The van der Waals surface area contributed by atoms with Crippen molar-refractivity contribution in [2.24, 2.45) is 10.9 Å². The zero-order valence-electron chi connectivity index (χ0n) is 29.1. The fourth-order valence-corrected chi connectivity index (χ4v) is 6.29. The van der Waals surface area contributed by atoms with Crippen molar-refractivity contribution in [1.82, 2.24) is 26.3 Å². The van der Waals surface area contributed by atoms with Crippen molar-refractivity contribution >= 4 is 17.6 Å². The van der Waals surface area contributed by atoms with Crippen LogP contribution in [0.15, 0.2) is 99.9 Å². The molecule has 0 spiro atoms. The Morgan fingerprint density at radius 2 is 1.94 bits per heavy atom. The number of hydrogen-bond donors (Lipinski definition) is 5. The van der Waals surface area contributed by atoms with Crippen LogP contribution in [0.3, 0.4) is 0 Å². The van der Waals surface area contributed by atoms with E-state index in [0.29, 0.717) is 50.3 Å². The molecule has 2 aliphatic rings. The van der Waals surface area contributed by atoms with Gasteiger partial charge in [-0.1, -0.05) is 49.4 Å². The molecule has 5 N–H and O–H groups in total. The first-order valence-electron chi connectivity index (χ1n) is 16.9. The van der Waals surface area contributed by atoms with Crippen LogP contribution in [0, 0.1) is 11.9 Å². The number of aliphatic hydroxyl groups excluding tert-OH is 1. The maximum atomic E-state index is 14.0. The number of likely N-dealkylation sites (N-methyl/N-ethyl adjacent to an activating group) is 1. The highest BCUT2D eigenvalue weighted by atomic mass is 19.1. The Morgan fingerprint density at radius 1 is 1.16 bits per heavy atom. The summed E-state index contributed by atoms with van der Waals surface area (Å²) in [5.41, 5.74) is 6.09. The van der Waals surface area contributed by atoms with E-state index in [4.69, 9.17) is 9.73 Å². The highest BCUT2D eigenvalue weighted by Crippen LogP contribution is 2.35. The summed E-state index contributed by atoms with van der Waals surface area (Å²) in [6.07, 6.45) is 7.51.